The molecule has 27 heavy (non-hydrogen) atoms. The maximum atomic E-state index is 12.0. The van der Waals surface area contributed by atoms with Crippen LogP contribution in [0, 0.1) is 0 Å². The lowest BCUT2D eigenvalue weighted by atomic mass is 10.2. The first-order chi connectivity index (χ1) is 13.2. The summed E-state index contributed by atoms with van der Waals surface area (Å²) in [6.45, 7) is 0.404. The average molecular weight is 362 g/mol. The van der Waals surface area contributed by atoms with Crippen molar-refractivity contribution in [2.45, 2.75) is 0 Å². The zero-order chi connectivity index (χ0) is 18.9. The van der Waals surface area contributed by atoms with Crippen molar-refractivity contribution in [1.29, 1.82) is 0 Å². The lowest BCUT2D eigenvalue weighted by Gasteiger charge is -2.08. The average Bonchev–Trinajstić information content (AvgIpc) is 2.73. The van der Waals surface area contributed by atoms with E-state index in [1.807, 2.05) is 36.4 Å². The quantitative estimate of drug-likeness (QED) is 0.359. The van der Waals surface area contributed by atoms with E-state index in [1.54, 1.807) is 48.5 Å². The van der Waals surface area contributed by atoms with Gasteiger partial charge in [0.2, 0.25) is 0 Å². The molecule has 0 spiro atoms. The van der Waals surface area contributed by atoms with E-state index in [-0.39, 0.29) is 13.2 Å². The predicted molar refractivity (Wildman–Crippen MR) is 100 cm³/mol. The second-order valence-corrected chi connectivity index (χ2v) is 5.58. The number of rotatable bonds is 7. The van der Waals surface area contributed by atoms with Crippen molar-refractivity contribution in [3.63, 3.8) is 0 Å². The molecule has 0 heterocycles. The number of hydrogen-bond donors (Lipinski definition) is 0. The van der Waals surface area contributed by atoms with Gasteiger partial charge in [0, 0.05) is 0 Å². The van der Waals surface area contributed by atoms with Crippen LogP contribution in [-0.4, -0.2) is 25.2 Å². The highest BCUT2D eigenvalue weighted by atomic mass is 16.6. The molecule has 5 heteroatoms. The van der Waals surface area contributed by atoms with Crippen molar-refractivity contribution < 1.29 is 23.8 Å². The number of carbonyl (C=O) groups is 2. The Labute approximate surface area is 157 Å². The van der Waals surface area contributed by atoms with Gasteiger partial charge in [-0.25, -0.2) is 9.59 Å². The van der Waals surface area contributed by atoms with Gasteiger partial charge in [0.1, 0.15) is 24.7 Å². The number of ether oxygens (including phenoxy) is 3. The smallest absolute Gasteiger partial charge is 0.343 e. The molecular weight excluding hydrogens is 344 g/mol. The van der Waals surface area contributed by atoms with Gasteiger partial charge in [0.15, 0.2) is 0 Å². The SMILES string of the molecule is O=C(OCCOc1ccccc1)c1ccc(OC(=O)c2ccccc2)cc1. The van der Waals surface area contributed by atoms with Crippen molar-refractivity contribution in [2.24, 2.45) is 0 Å². The van der Waals surface area contributed by atoms with E-state index in [4.69, 9.17) is 14.2 Å². The zero-order valence-electron chi connectivity index (χ0n) is 14.5. The number of para-hydroxylation sites is 1. The van der Waals surface area contributed by atoms with Crippen molar-refractivity contribution in [1.82, 2.24) is 0 Å². The molecule has 136 valence electrons. The number of esters is 2. The van der Waals surface area contributed by atoms with E-state index in [1.165, 1.54) is 0 Å². The molecule has 0 aliphatic carbocycles. The number of carbonyl (C=O) groups excluding carboxylic acids is 2. The van der Waals surface area contributed by atoms with Gasteiger partial charge in [0.25, 0.3) is 0 Å². The molecule has 3 aromatic carbocycles. The lowest BCUT2D eigenvalue weighted by molar-refractivity contribution is 0.0450. The Bertz CT molecular complexity index is 874. The summed E-state index contributed by atoms with van der Waals surface area (Å²) in [6.07, 6.45) is 0. The van der Waals surface area contributed by atoms with Crippen LogP contribution in [0.5, 0.6) is 11.5 Å². The minimum atomic E-state index is -0.465. The summed E-state index contributed by atoms with van der Waals surface area (Å²) >= 11 is 0. The zero-order valence-corrected chi connectivity index (χ0v) is 14.5. The van der Waals surface area contributed by atoms with Gasteiger partial charge in [0.05, 0.1) is 11.1 Å². The van der Waals surface area contributed by atoms with Crippen LogP contribution in [0.25, 0.3) is 0 Å². The Morgan fingerprint density at radius 1 is 0.593 bits per heavy atom. The van der Waals surface area contributed by atoms with Crippen LogP contribution >= 0.6 is 0 Å². The highest BCUT2D eigenvalue weighted by molar-refractivity contribution is 5.91. The van der Waals surface area contributed by atoms with Gasteiger partial charge in [-0.05, 0) is 48.5 Å². The second-order valence-electron chi connectivity index (χ2n) is 5.58. The Balaban J connectivity index is 1.46. The topological polar surface area (TPSA) is 61.8 Å². The minimum absolute atomic E-state index is 0.137. The van der Waals surface area contributed by atoms with Crippen molar-refractivity contribution in [3.8, 4) is 11.5 Å². The molecule has 0 unspecified atom stereocenters. The summed E-state index contributed by atoms with van der Waals surface area (Å²) < 4.78 is 15.9. The van der Waals surface area contributed by atoms with Gasteiger partial charge in [-0.3, -0.25) is 0 Å². The van der Waals surface area contributed by atoms with E-state index in [9.17, 15) is 9.59 Å². The van der Waals surface area contributed by atoms with Crippen LogP contribution < -0.4 is 9.47 Å². The molecule has 3 aromatic rings. The van der Waals surface area contributed by atoms with Gasteiger partial charge in [-0.1, -0.05) is 36.4 Å². The van der Waals surface area contributed by atoms with Crippen molar-refractivity contribution >= 4 is 11.9 Å². The summed E-state index contributed by atoms with van der Waals surface area (Å²) in [5.41, 5.74) is 0.827. The third kappa shape index (κ3) is 5.44. The maximum Gasteiger partial charge on any atom is 0.343 e. The molecule has 0 N–H and O–H groups in total. The molecule has 0 bridgehead atoms. The first-order valence-electron chi connectivity index (χ1n) is 8.44. The van der Waals surface area contributed by atoms with E-state index >= 15 is 0 Å². The number of benzene rings is 3. The van der Waals surface area contributed by atoms with E-state index in [0.29, 0.717) is 16.9 Å². The van der Waals surface area contributed by atoms with Crippen LogP contribution in [-0.2, 0) is 4.74 Å². The molecule has 0 aliphatic rings. The van der Waals surface area contributed by atoms with Crippen LogP contribution in [0.1, 0.15) is 20.7 Å². The highest BCUT2D eigenvalue weighted by Gasteiger charge is 2.10. The molecular formula is C22H18O5. The standard InChI is InChI=1S/C22H18O5/c23-21(26-16-15-25-19-9-5-2-6-10-19)18-11-13-20(14-12-18)27-22(24)17-7-3-1-4-8-17/h1-14H,15-16H2. The monoisotopic (exact) mass is 362 g/mol. The summed E-state index contributed by atoms with van der Waals surface area (Å²) in [5.74, 6) is 0.155. The lowest BCUT2D eigenvalue weighted by Crippen LogP contribution is -2.12. The van der Waals surface area contributed by atoms with Crippen LogP contribution in [0.15, 0.2) is 84.9 Å². The fraction of sp³-hybridized carbons (Fsp3) is 0.0909. The van der Waals surface area contributed by atoms with Gasteiger partial charge in [-0.2, -0.15) is 0 Å². The Hall–Kier alpha value is -3.60. The molecule has 0 saturated heterocycles. The Morgan fingerprint density at radius 2 is 1.19 bits per heavy atom. The fourth-order valence-electron chi connectivity index (χ4n) is 2.29. The molecule has 5 nitrogen and oxygen atoms in total. The Morgan fingerprint density at radius 3 is 1.85 bits per heavy atom. The highest BCUT2D eigenvalue weighted by Crippen LogP contribution is 2.15. The van der Waals surface area contributed by atoms with Crippen molar-refractivity contribution in [2.75, 3.05) is 13.2 Å². The van der Waals surface area contributed by atoms with Crippen LogP contribution in [0.4, 0.5) is 0 Å². The van der Waals surface area contributed by atoms with E-state index in [0.717, 1.165) is 5.75 Å². The first kappa shape index (κ1) is 18.2. The first-order valence-corrected chi connectivity index (χ1v) is 8.44. The normalized spacial score (nSPS) is 10.1. The third-order valence-corrected chi connectivity index (χ3v) is 3.64. The second kappa shape index (κ2) is 9.20. The summed E-state index contributed by atoms with van der Waals surface area (Å²) in [7, 11) is 0. The third-order valence-electron chi connectivity index (χ3n) is 3.64. The maximum absolute atomic E-state index is 12.0. The van der Waals surface area contributed by atoms with Crippen LogP contribution in [0.2, 0.25) is 0 Å². The molecule has 0 fully saturated rings. The fourth-order valence-corrected chi connectivity index (χ4v) is 2.29. The predicted octanol–water partition coefficient (Wildman–Crippen LogP) is 4.14. The van der Waals surface area contributed by atoms with Gasteiger partial charge in [-0.15, -0.1) is 0 Å². The molecule has 3 rings (SSSR count). The number of hydrogen-bond acceptors (Lipinski definition) is 5. The van der Waals surface area contributed by atoms with Gasteiger partial charge < -0.3 is 14.2 Å². The molecule has 0 amide bonds. The molecule has 0 aromatic heterocycles. The molecule has 0 radical (unpaired) electrons. The van der Waals surface area contributed by atoms with Gasteiger partial charge >= 0.3 is 11.9 Å². The molecule has 0 atom stereocenters. The largest absolute Gasteiger partial charge is 0.490 e. The summed E-state index contributed by atoms with van der Waals surface area (Å²) in [6, 6.07) is 24.2. The van der Waals surface area contributed by atoms with Crippen molar-refractivity contribution in [3.05, 3.63) is 96.1 Å². The van der Waals surface area contributed by atoms with Crippen LogP contribution in [0.3, 0.4) is 0 Å². The Kier molecular flexibility index (Phi) is 6.20. The summed E-state index contributed by atoms with van der Waals surface area (Å²) in [4.78, 5) is 24.0. The minimum Gasteiger partial charge on any atom is -0.490 e. The molecule has 0 saturated carbocycles. The molecule has 0 aliphatic heterocycles. The van der Waals surface area contributed by atoms with E-state index < -0.39 is 11.9 Å². The van der Waals surface area contributed by atoms with E-state index in [2.05, 4.69) is 0 Å². The summed E-state index contributed by atoms with van der Waals surface area (Å²) in [5, 5.41) is 0.